The summed E-state index contributed by atoms with van der Waals surface area (Å²) < 4.78 is 0. The van der Waals surface area contributed by atoms with E-state index in [1.165, 1.54) is 5.01 Å². The summed E-state index contributed by atoms with van der Waals surface area (Å²) in [6, 6.07) is 12.5. The van der Waals surface area contributed by atoms with E-state index in [-0.39, 0.29) is 24.2 Å². The van der Waals surface area contributed by atoms with E-state index in [0.717, 1.165) is 22.5 Å². The van der Waals surface area contributed by atoms with Crippen molar-refractivity contribution in [2.75, 3.05) is 15.2 Å². The van der Waals surface area contributed by atoms with Crippen molar-refractivity contribution in [3.63, 3.8) is 0 Å². The van der Waals surface area contributed by atoms with Crippen molar-refractivity contribution in [3.8, 4) is 0 Å². The number of benzene rings is 2. The average molecular weight is 349 g/mol. The van der Waals surface area contributed by atoms with Gasteiger partial charge in [-0.15, -0.1) is 0 Å². The van der Waals surface area contributed by atoms with Gasteiger partial charge >= 0.3 is 0 Å². The predicted molar refractivity (Wildman–Crippen MR) is 101 cm³/mol. The molecule has 0 fully saturated rings. The van der Waals surface area contributed by atoms with Gasteiger partial charge in [-0.1, -0.05) is 29.8 Å². The topological polar surface area (TPSA) is 91.0 Å². The van der Waals surface area contributed by atoms with Crippen LogP contribution in [0.1, 0.15) is 17.5 Å². The molecule has 4 rings (SSSR count). The van der Waals surface area contributed by atoms with Crippen LogP contribution in [-0.4, -0.2) is 23.8 Å². The Morgan fingerprint density at radius 3 is 2.65 bits per heavy atom. The van der Waals surface area contributed by atoms with Gasteiger partial charge in [0, 0.05) is 5.69 Å². The molecule has 2 heterocycles. The molecule has 0 spiro atoms. The van der Waals surface area contributed by atoms with Crippen LogP contribution in [0.5, 0.6) is 0 Å². The zero-order valence-electron chi connectivity index (χ0n) is 14.6. The molecule has 26 heavy (non-hydrogen) atoms. The largest absolute Gasteiger partial charge is 0.324 e. The van der Waals surface area contributed by atoms with Crippen molar-refractivity contribution >= 4 is 34.8 Å². The van der Waals surface area contributed by atoms with Gasteiger partial charge in [0.15, 0.2) is 0 Å². The summed E-state index contributed by atoms with van der Waals surface area (Å²) in [6.07, 6.45) is 0.00240. The number of hydrogen-bond acceptors (Lipinski definition) is 5. The number of carbonyl (C=O) groups excluding carboxylic acids is 2. The summed E-state index contributed by atoms with van der Waals surface area (Å²) in [7, 11) is 0. The van der Waals surface area contributed by atoms with Crippen LogP contribution in [0.2, 0.25) is 0 Å². The van der Waals surface area contributed by atoms with Gasteiger partial charge in [-0.05, 0) is 37.6 Å². The van der Waals surface area contributed by atoms with Crippen molar-refractivity contribution in [3.05, 3.63) is 53.6 Å². The summed E-state index contributed by atoms with van der Waals surface area (Å²) in [5.41, 5.74) is 4.30. The number of aliphatic imine (C=N–C) groups is 1. The first-order valence-corrected chi connectivity index (χ1v) is 8.38. The number of fused-ring (bicyclic) bond motifs is 3. The molecule has 2 amide bonds. The molecule has 0 saturated carbocycles. The van der Waals surface area contributed by atoms with Gasteiger partial charge in [-0.3, -0.25) is 14.5 Å². The zero-order chi connectivity index (χ0) is 18.4. The second-order valence-electron chi connectivity index (χ2n) is 6.56. The number of hydrazine groups is 1. The number of aryl methyl sites for hydroxylation is 2. The third kappa shape index (κ3) is 2.53. The van der Waals surface area contributed by atoms with Crippen molar-refractivity contribution in [2.24, 2.45) is 10.8 Å². The third-order valence-electron chi connectivity index (χ3n) is 4.68. The Morgan fingerprint density at radius 1 is 1.19 bits per heavy atom. The van der Waals surface area contributed by atoms with Crippen LogP contribution in [0.25, 0.3) is 0 Å². The van der Waals surface area contributed by atoms with Gasteiger partial charge in [-0.2, -0.15) is 4.99 Å². The molecule has 0 aliphatic carbocycles. The van der Waals surface area contributed by atoms with Gasteiger partial charge in [0.25, 0.3) is 5.91 Å². The van der Waals surface area contributed by atoms with Gasteiger partial charge in [-0.25, -0.2) is 10.9 Å². The van der Waals surface area contributed by atoms with E-state index in [1.807, 2.05) is 56.3 Å². The molecule has 0 saturated heterocycles. The van der Waals surface area contributed by atoms with Crippen LogP contribution in [0.15, 0.2) is 47.5 Å². The van der Waals surface area contributed by atoms with Crippen LogP contribution in [0.4, 0.5) is 17.1 Å². The number of guanidine groups is 1. The Bertz CT molecular complexity index is 953. The minimum Gasteiger partial charge on any atom is -0.324 e. The number of rotatable bonds is 2. The molecule has 2 aromatic carbocycles. The van der Waals surface area contributed by atoms with E-state index >= 15 is 0 Å². The fourth-order valence-corrected chi connectivity index (χ4v) is 3.41. The molecule has 0 bridgehead atoms. The van der Waals surface area contributed by atoms with E-state index in [0.29, 0.717) is 5.69 Å². The second-order valence-corrected chi connectivity index (χ2v) is 6.56. The number of nitrogens with one attached hydrogen (secondary N) is 1. The standard InChI is InChI=1S/C19H19N5O2/c1-11-7-8-13(12(2)9-11)21-18(26)16-10-17(25)22-19-23(16)14-5-3-4-6-15(14)24(19)20/h3-9,16H,10,20H2,1-2H3,(H,21,26)/t16-/m1/s1. The lowest BCUT2D eigenvalue weighted by Gasteiger charge is -2.31. The SMILES string of the molecule is Cc1ccc(NC(=O)[C@H]2CC(=O)N=C3N(N)c4ccccc4N32)c(C)c1. The number of nitrogens with two attached hydrogens (primary N) is 1. The molecular formula is C19H19N5O2. The van der Waals surface area contributed by atoms with Crippen LogP contribution in [0, 0.1) is 13.8 Å². The molecule has 2 aliphatic heterocycles. The van der Waals surface area contributed by atoms with Crippen LogP contribution >= 0.6 is 0 Å². The highest BCUT2D eigenvalue weighted by atomic mass is 16.2. The first-order valence-electron chi connectivity index (χ1n) is 8.38. The number of carbonyl (C=O) groups is 2. The Labute approximate surface area is 151 Å². The maximum absolute atomic E-state index is 13.0. The number of amides is 2. The lowest BCUT2D eigenvalue weighted by Crippen LogP contribution is -2.55. The van der Waals surface area contributed by atoms with Crippen LogP contribution in [0.3, 0.4) is 0 Å². The molecule has 3 N–H and O–H groups in total. The zero-order valence-corrected chi connectivity index (χ0v) is 14.6. The maximum atomic E-state index is 13.0. The first-order chi connectivity index (χ1) is 12.5. The van der Waals surface area contributed by atoms with Gasteiger partial charge < -0.3 is 5.32 Å². The van der Waals surface area contributed by atoms with Crippen molar-refractivity contribution in [1.29, 1.82) is 0 Å². The molecule has 2 aliphatic rings. The lowest BCUT2D eigenvalue weighted by molar-refractivity contribution is -0.123. The van der Waals surface area contributed by atoms with E-state index < -0.39 is 6.04 Å². The van der Waals surface area contributed by atoms with E-state index in [4.69, 9.17) is 5.84 Å². The molecule has 1 atom stereocenters. The van der Waals surface area contributed by atoms with E-state index in [1.54, 1.807) is 4.90 Å². The Balaban J connectivity index is 1.69. The highest BCUT2D eigenvalue weighted by molar-refractivity contribution is 6.23. The Hall–Kier alpha value is -3.19. The van der Waals surface area contributed by atoms with Crippen LogP contribution in [-0.2, 0) is 9.59 Å². The summed E-state index contributed by atoms with van der Waals surface area (Å²) >= 11 is 0. The fourth-order valence-electron chi connectivity index (χ4n) is 3.41. The molecule has 132 valence electrons. The summed E-state index contributed by atoms with van der Waals surface area (Å²) in [5, 5.41) is 4.29. The minimum atomic E-state index is -0.703. The first kappa shape index (κ1) is 16.3. The number of nitrogens with zero attached hydrogens (tertiary/aromatic N) is 3. The molecule has 0 aromatic heterocycles. The predicted octanol–water partition coefficient (Wildman–Crippen LogP) is 2.10. The second kappa shape index (κ2) is 5.96. The number of para-hydroxylation sites is 2. The fraction of sp³-hybridized carbons (Fsp3) is 0.211. The number of anilines is 3. The summed E-state index contributed by atoms with van der Waals surface area (Å²) in [4.78, 5) is 30.9. The molecule has 0 unspecified atom stereocenters. The molecule has 7 nitrogen and oxygen atoms in total. The lowest BCUT2D eigenvalue weighted by atomic mass is 10.1. The Kier molecular flexibility index (Phi) is 3.73. The summed E-state index contributed by atoms with van der Waals surface area (Å²) in [6.45, 7) is 3.94. The van der Waals surface area contributed by atoms with Gasteiger partial charge in [0.05, 0.1) is 17.8 Å². The van der Waals surface area contributed by atoms with Crippen molar-refractivity contribution < 1.29 is 9.59 Å². The highest BCUT2D eigenvalue weighted by Crippen LogP contribution is 2.38. The summed E-state index contributed by atoms with van der Waals surface area (Å²) in [5.74, 6) is 5.75. The molecule has 2 aromatic rings. The highest BCUT2D eigenvalue weighted by Gasteiger charge is 2.43. The Morgan fingerprint density at radius 2 is 1.92 bits per heavy atom. The monoisotopic (exact) mass is 349 g/mol. The smallest absolute Gasteiger partial charge is 0.251 e. The third-order valence-corrected chi connectivity index (χ3v) is 4.68. The average Bonchev–Trinajstić information content (AvgIpc) is 2.89. The molecule has 7 heteroatoms. The maximum Gasteiger partial charge on any atom is 0.251 e. The van der Waals surface area contributed by atoms with Gasteiger partial charge in [0.1, 0.15) is 6.04 Å². The van der Waals surface area contributed by atoms with Crippen LogP contribution < -0.4 is 21.1 Å². The molecular weight excluding hydrogens is 330 g/mol. The van der Waals surface area contributed by atoms with Gasteiger partial charge in [0.2, 0.25) is 11.9 Å². The number of hydrogen-bond donors (Lipinski definition) is 2. The van der Waals surface area contributed by atoms with E-state index in [9.17, 15) is 9.59 Å². The quantitative estimate of drug-likeness (QED) is 0.810. The van der Waals surface area contributed by atoms with E-state index in [2.05, 4.69) is 10.3 Å². The normalized spacial score (nSPS) is 18.3. The molecule has 0 radical (unpaired) electrons. The van der Waals surface area contributed by atoms with Crippen molar-refractivity contribution in [1.82, 2.24) is 0 Å². The van der Waals surface area contributed by atoms with Crippen molar-refractivity contribution in [2.45, 2.75) is 26.3 Å². The minimum absolute atomic E-state index is 0.00240.